The van der Waals surface area contributed by atoms with Gasteiger partial charge >= 0.3 is 0 Å². The minimum Gasteiger partial charge on any atom is -0.481 e. The molecule has 0 aliphatic carbocycles. The van der Waals surface area contributed by atoms with Crippen molar-refractivity contribution in [2.45, 2.75) is 32.9 Å². The van der Waals surface area contributed by atoms with Crippen molar-refractivity contribution < 1.29 is 14.6 Å². The summed E-state index contributed by atoms with van der Waals surface area (Å²) in [7, 11) is 0. The first-order chi connectivity index (χ1) is 17.5. The molecule has 186 valence electrons. The van der Waals surface area contributed by atoms with E-state index in [-0.39, 0.29) is 37.2 Å². The number of ether oxygens (including phenoxy) is 1. The third-order valence-corrected chi connectivity index (χ3v) is 6.56. The number of aromatic nitrogens is 2. The molecule has 0 atom stereocenters. The lowest BCUT2D eigenvalue weighted by atomic mass is 10.0. The second-order valence-corrected chi connectivity index (χ2v) is 9.38. The SMILES string of the molecule is CC(C)N(CCO)C(=O)c1nc(Cc2cscc2-c2ccccc2)[nH]c(=O)c1OCc1ccccc1. The molecule has 0 unspecified atom stereocenters. The number of thiophene rings is 1. The highest BCUT2D eigenvalue weighted by Crippen LogP contribution is 2.29. The molecular weight excluding hydrogens is 474 g/mol. The van der Waals surface area contributed by atoms with Crippen LogP contribution in [0, 0.1) is 0 Å². The zero-order valence-electron chi connectivity index (χ0n) is 20.3. The molecule has 2 aromatic carbocycles. The largest absolute Gasteiger partial charge is 0.481 e. The van der Waals surface area contributed by atoms with Crippen LogP contribution in [0.5, 0.6) is 5.75 Å². The van der Waals surface area contributed by atoms with Crippen molar-refractivity contribution in [3.8, 4) is 16.9 Å². The number of H-pyrrole nitrogens is 1. The summed E-state index contributed by atoms with van der Waals surface area (Å²) in [5.74, 6) is -0.202. The summed E-state index contributed by atoms with van der Waals surface area (Å²) in [6, 6.07) is 19.2. The van der Waals surface area contributed by atoms with E-state index in [1.165, 1.54) is 4.90 Å². The first-order valence-corrected chi connectivity index (χ1v) is 12.7. The summed E-state index contributed by atoms with van der Waals surface area (Å²) in [6.07, 6.45) is 0.351. The number of hydrogen-bond donors (Lipinski definition) is 2. The minimum absolute atomic E-state index is 0.0525. The maximum absolute atomic E-state index is 13.5. The van der Waals surface area contributed by atoms with Crippen molar-refractivity contribution in [2.24, 2.45) is 0 Å². The Kier molecular flexibility index (Phi) is 8.30. The van der Waals surface area contributed by atoms with Crippen LogP contribution < -0.4 is 10.3 Å². The first kappa shape index (κ1) is 25.3. The van der Waals surface area contributed by atoms with Gasteiger partial charge in [-0.1, -0.05) is 60.7 Å². The number of aliphatic hydroxyl groups excluding tert-OH is 1. The first-order valence-electron chi connectivity index (χ1n) is 11.8. The van der Waals surface area contributed by atoms with Gasteiger partial charge in [0.25, 0.3) is 11.5 Å². The molecule has 4 rings (SSSR count). The second-order valence-electron chi connectivity index (χ2n) is 8.63. The smallest absolute Gasteiger partial charge is 0.294 e. The Morgan fingerprint density at radius 1 is 1.08 bits per heavy atom. The lowest BCUT2D eigenvalue weighted by Crippen LogP contribution is -2.40. The van der Waals surface area contributed by atoms with Crippen molar-refractivity contribution in [1.82, 2.24) is 14.9 Å². The molecule has 0 radical (unpaired) electrons. The fraction of sp³-hybridized carbons (Fsp3) is 0.250. The van der Waals surface area contributed by atoms with Gasteiger partial charge in [-0.25, -0.2) is 4.98 Å². The fourth-order valence-corrected chi connectivity index (χ4v) is 4.82. The van der Waals surface area contributed by atoms with Gasteiger partial charge in [0.05, 0.1) is 6.61 Å². The van der Waals surface area contributed by atoms with Crippen LogP contribution in [0.2, 0.25) is 0 Å². The van der Waals surface area contributed by atoms with Gasteiger partial charge in [0.15, 0.2) is 5.69 Å². The van der Waals surface area contributed by atoms with Gasteiger partial charge in [0, 0.05) is 19.0 Å². The van der Waals surface area contributed by atoms with Gasteiger partial charge in [0.1, 0.15) is 12.4 Å². The number of rotatable bonds is 10. The van der Waals surface area contributed by atoms with Crippen LogP contribution in [-0.2, 0) is 13.0 Å². The third-order valence-electron chi connectivity index (χ3n) is 5.76. The van der Waals surface area contributed by atoms with Gasteiger partial charge < -0.3 is 19.7 Å². The highest BCUT2D eigenvalue weighted by atomic mass is 32.1. The Hall–Kier alpha value is -3.75. The monoisotopic (exact) mass is 503 g/mol. The predicted octanol–water partition coefficient (Wildman–Crippen LogP) is 4.51. The molecule has 2 heterocycles. The normalized spacial score (nSPS) is 11.0. The molecule has 0 fully saturated rings. The molecule has 1 amide bonds. The predicted molar refractivity (Wildman–Crippen MR) is 141 cm³/mol. The maximum Gasteiger partial charge on any atom is 0.294 e. The van der Waals surface area contributed by atoms with Crippen molar-refractivity contribution in [1.29, 1.82) is 0 Å². The molecule has 7 nitrogen and oxygen atoms in total. The van der Waals surface area contributed by atoms with E-state index in [1.54, 1.807) is 11.3 Å². The van der Waals surface area contributed by atoms with E-state index in [0.717, 1.165) is 22.3 Å². The Balaban J connectivity index is 1.71. The number of carbonyl (C=O) groups excluding carboxylic acids is 1. The summed E-state index contributed by atoms with van der Waals surface area (Å²) in [5.41, 5.74) is 3.43. The number of nitrogens with zero attached hydrogens (tertiary/aromatic N) is 2. The van der Waals surface area contributed by atoms with Crippen LogP contribution >= 0.6 is 11.3 Å². The zero-order chi connectivity index (χ0) is 25.5. The topological polar surface area (TPSA) is 95.5 Å². The maximum atomic E-state index is 13.5. The fourth-order valence-electron chi connectivity index (χ4n) is 3.95. The Morgan fingerprint density at radius 3 is 2.44 bits per heavy atom. The summed E-state index contributed by atoms with van der Waals surface area (Å²) >= 11 is 1.57. The molecule has 8 heteroatoms. The molecule has 4 aromatic rings. The quantitative estimate of drug-likeness (QED) is 0.332. The molecule has 2 aromatic heterocycles. The van der Waals surface area contributed by atoms with Gasteiger partial charge in [-0.15, -0.1) is 0 Å². The minimum atomic E-state index is -0.511. The Morgan fingerprint density at radius 2 is 1.78 bits per heavy atom. The van der Waals surface area contributed by atoms with Crippen molar-refractivity contribution >= 4 is 17.2 Å². The van der Waals surface area contributed by atoms with Gasteiger partial charge in [-0.3, -0.25) is 9.59 Å². The molecule has 0 saturated carbocycles. The van der Waals surface area contributed by atoms with Crippen LogP contribution in [0.15, 0.2) is 76.2 Å². The molecule has 36 heavy (non-hydrogen) atoms. The molecule has 0 aliphatic rings. The lowest BCUT2D eigenvalue weighted by Gasteiger charge is -2.26. The Bertz CT molecular complexity index is 1350. The molecule has 2 N–H and O–H groups in total. The van der Waals surface area contributed by atoms with Gasteiger partial charge in [-0.2, -0.15) is 11.3 Å². The van der Waals surface area contributed by atoms with Crippen LogP contribution in [0.3, 0.4) is 0 Å². The Labute approximate surface area is 214 Å². The van der Waals surface area contributed by atoms with E-state index in [4.69, 9.17) is 4.74 Å². The van der Waals surface area contributed by atoms with Gasteiger partial charge in [0.2, 0.25) is 5.75 Å². The number of benzene rings is 2. The van der Waals surface area contributed by atoms with E-state index in [0.29, 0.717) is 12.2 Å². The van der Waals surface area contributed by atoms with Crippen LogP contribution in [0.25, 0.3) is 11.1 Å². The van der Waals surface area contributed by atoms with Crippen LogP contribution in [0.4, 0.5) is 0 Å². The number of amides is 1. The van der Waals surface area contributed by atoms with E-state index in [9.17, 15) is 14.7 Å². The third kappa shape index (κ3) is 5.90. The molecule has 0 spiro atoms. The number of aliphatic hydroxyl groups is 1. The lowest BCUT2D eigenvalue weighted by molar-refractivity contribution is 0.0653. The highest BCUT2D eigenvalue weighted by molar-refractivity contribution is 7.08. The zero-order valence-corrected chi connectivity index (χ0v) is 21.1. The van der Waals surface area contributed by atoms with Crippen LogP contribution in [-0.4, -0.2) is 45.1 Å². The summed E-state index contributed by atoms with van der Waals surface area (Å²) < 4.78 is 5.85. The molecule has 0 saturated heterocycles. The van der Waals surface area contributed by atoms with Crippen LogP contribution in [0.1, 0.15) is 41.3 Å². The average molecular weight is 504 g/mol. The second kappa shape index (κ2) is 11.8. The number of nitrogens with one attached hydrogen (secondary N) is 1. The van der Waals surface area contributed by atoms with Crippen molar-refractivity contribution in [3.05, 3.63) is 104 Å². The summed E-state index contributed by atoms with van der Waals surface area (Å²) in [4.78, 5) is 35.6. The van der Waals surface area contributed by atoms with E-state index in [2.05, 4.69) is 15.3 Å². The highest BCUT2D eigenvalue weighted by Gasteiger charge is 2.26. The summed E-state index contributed by atoms with van der Waals surface area (Å²) in [5, 5.41) is 13.6. The van der Waals surface area contributed by atoms with Crippen molar-refractivity contribution in [2.75, 3.05) is 13.2 Å². The van der Waals surface area contributed by atoms with E-state index >= 15 is 0 Å². The molecular formula is C28H29N3O4S. The van der Waals surface area contributed by atoms with Crippen molar-refractivity contribution in [3.63, 3.8) is 0 Å². The molecule has 0 aliphatic heterocycles. The number of aromatic amines is 1. The van der Waals surface area contributed by atoms with E-state index in [1.807, 2.05) is 79.9 Å². The standard InChI is InChI=1S/C28H29N3O4S/c1-19(2)31(13-14-32)28(34)25-26(35-16-20-9-5-3-6-10-20)27(33)30-24(29-25)15-22-17-36-18-23(22)21-11-7-4-8-12-21/h3-12,17-19,32H,13-16H2,1-2H3,(H,29,30,33). The van der Waals surface area contributed by atoms with E-state index < -0.39 is 11.5 Å². The summed E-state index contributed by atoms with van der Waals surface area (Å²) in [6.45, 7) is 3.75. The number of hydrogen-bond acceptors (Lipinski definition) is 6. The number of carbonyl (C=O) groups is 1. The average Bonchev–Trinajstić information content (AvgIpc) is 3.35. The molecule has 0 bridgehead atoms. The van der Waals surface area contributed by atoms with Gasteiger partial charge in [-0.05, 0) is 46.9 Å².